The van der Waals surface area contributed by atoms with Crippen LogP contribution in [0, 0.1) is 0 Å². The van der Waals surface area contributed by atoms with Crippen LogP contribution in [0.3, 0.4) is 0 Å². The molecular formula is C8H10BrNO4S2. The Morgan fingerprint density at radius 2 is 1.88 bits per heavy atom. The molecule has 5 nitrogen and oxygen atoms in total. The van der Waals surface area contributed by atoms with Crippen molar-refractivity contribution in [3.8, 4) is 0 Å². The van der Waals surface area contributed by atoms with E-state index in [9.17, 15) is 16.8 Å². The molecule has 0 fully saturated rings. The fourth-order valence-electron chi connectivity index (χ4n) is 0.997. The lowest BCUT2D eigenvalue weighted by atomic mass is 10.3. The molecule has 90 valence electrons. The summed E-state index contributed by atoms with van der Waals surface area (Å²) in [4.78, 5) is 0.0715. The fourth-order valence-corrected chi connectivity index (χ4v) is 2.55. The molecule has 0 radical (unpaired) electrons. The number of sulfone groups is 1. The highest BCUT2D eigenvalue weighted by Gasteiger charge is 2.11. The molecule has 1 N–H and O–H groups in total. The number of rotatable bonds is 4. The highest BCUT2D eigenvalue weighted by Crippen LogP contribution is 2.16. The number of halogens is 1. The molecule has 0 heterocycles. The van der Waals surface area contributed by atoms with E-state index in [2.05, 4.69) is 20.7 Å². The van der Waals surface area contributed by atoms with E-state index >= 15 is 0 Å². The Morgan fingerprint density at radius 1 is 1.25 bits per heavy atom. The average Bonchev–Trinajstić information content (AvgIpc) is 2.16. The van der Waals surface area contributed by atoms with Gasteiger partial charge in [-0.3, -0.25) is 4.72 Å². The van der Waals surface area contributed by atoms with Crippen molar-refractivity contribution in [3.63, 3.8) is 0 Å². The maximum Gasteiger partial charge on any atom is 0.242 e. The minimum absolute atomic E-state index is 0.0715. The van der Waals surface area contributed by atoms with Gasteiger partial charge in [0.25, 0.3) is 0 Å². The first-order chi connectivity index (χ1) is 7.24. The second-order valence-electron chi connectivity index (χ2n) is 3.13. The van der Waals surface area contributed by atoms with Crippen molar-refractivity contribution in [1.29, 1.82) is 0 Å². The van der Waals surface area contributed by atoms with Gasteiger partial charge in [-0.25, -0.2) is 16.8 Å². The third kappa shape index (κ3) is 3.76. The molecular weight excluding hydrogens is 318 g/mol. The second-order valence-corrected chi connectivity index (χ2v) is 8.17. The van der Waals surface area contributed by atoms with E-state index in [1.165, 1.54) is 24.3 Å². The zero-order valence-electron chi connectivity index (χ0n) is 8.34. The van der Waals surface area contributed by atoms with Crippen molar-refractivity contribution in [2.24, 2.45) is 0 Å². The first-order valence-corrected chi connectivity index (χ1v) is 8.78. The van der Waals surface area contributed by atoms with Gasteiger partial charge in [0.2, 0.25) is 10.0 Å². The molecule has 0 unspecified atom stereocenters. The lowest BCUT2D eigenvalue weighted by Gasteiger charge is -2.06. The van der Waals surface area contributed by atoms with Crippen molar-refractivity contribution in [2.45, 2.75) is 4.90 Å². The van der Waals surface area contributed by atoms with E-state index in [1.807, 2.05) is 0 Å². The Balaban J connectivity index is 3.11. The number of nitrogens with one attached hydrogen (secondary N) is 1. The number of hydrogen-bond donors (Lipinski definition) is 1. The van der Waals surface area contributed by atoms with Gasteiger partial charge < -0.3 is 0 Å². The molecule has 8 heteroatoms. The molecule has 0 spiro atoms. The summed E-state index contributed by atoms with van der Waals surface area (Å²) < 4.78 is 46.9. The molecule has 0 aliphatic carbocycles. The van der Waals surface area contributed by atoms with Crippen LogP contribution >= 0.6 is 15.9 Å². The standard InChI is InChI=1S/C8H10BrNO4S2/c1-15(11,12)8-4-2-3-7(5-8)10-16(13,14)6-9/h2-5,10H,6H2,1H3. The molecule has 0 atom stereocenters. The van der Waals surface area contributed by atoms with Crippen LogP contribution in [0.5, 0.6) is 0 Å². The van der Waals surface area contributed by atoms with Gasteiger partial charge >= 0.3 is 0 Å². The van der Waals surface area contributed by atoms with Crippen LogP contribution in [0.25, 0.3) is 0 Å². The van der Waals surface area contributed by atoms with Gasteiger partial charge in [0.05, 0.1) is 4.90 Å². The molecule has 0 saturated carbocycles. The average molecular weight is 328 g/mol. The molecule has 0 saturated heterocycles. The number of sulfonamides is 1. The first kappa shape index (κ1) is 13.5. The lowest BCUT2D eigenvalue weighted by Crippen LogP contribution is -2.13. The number of alkyl halides is 1. The predicted octanol–water partition coefficient (Wildman–Crippen LogP) is 1.18. The van der Waals surface area contributed by atoms with Crippen LogP contribution < -0.4 is 4.72 Å². The molecule has 1 rings (SSSR count). The second kappa shape index (κ2) is 4.72. The van der Waals surface area contributed by atoms with Gasteiger partial charge in [-0.2, -0.15) is 0 Å². The predicted molar refractivity (Wildman–Crippen MR) is 65.9 cm³/mol. The SMILES string of the molecule is CS(=O)(=O)c1cccc(NS(=O)(=O)CBr)c1. The summed E-state index contributed by atoms with van der Waals surface area (Å²) >= 11 is 2.82. The molecule has 0 bridgehead atoms. The van der Waals surface area contributed by atoms with Gasteiger partial charge in [0, 0.05) is 11.9 Å². The van der Waals surface area contributed by atoms with Gasteiger partial charge in [0.1, 0.15) is 4.66 Å². The summed E-state index contributed by atoms with van der Waals surface area (Å²) in [7, 11) is -6.80. The summed E-state index contributed by atoms with van der Waals surface area (Å²) in [6, 6.07) is 5.63. The number of anilines is 1. The maximum absolute atomic E-state index is 11.2. The molecule has 0 aliphatic rings. The minimum atomic E-state index is -3.46. The zero-order chi connectivity index (χ0) is 12.4. The molecule has 0 amide bonds. The van der Waals surface area contributed by atoms with Crippen LogP contribution in [0.1, 0.15) is 0 Å². The van der Waals surface area contributed by atoms with Crippen LogP contribution in [0.2, 0.25) is 0 Å². The maximum atomic E-state index is 11.2. The van der Waals surface area contributed by atoms with Crippen LogP contribution in [-0.2, 0) is 19.9 Å². The van der Waals surface area contributed by atoms with Crippen LogP contribution in [-0.4, -0.2) is 27.8 Å². The summed E-state index contributed by atoms with van der Waals surface area (Å²) in [5, 5.41) is 0. The monoisotopic (exact) mass is 327 g/mol. The smallest absolute Gasteiger partial charge is 0.242 e. The van der Waals surface area contributed by atoms with Crippen LogP contribution in [0.15, 0.2) is 29.2 Å². The molecule has 0 aromatic heterocycles. The van der Waals surface area contributed by atoms with Gasteiger partial charge in [0.15, 0.2) is 9.84 Å². The van der Waals surface area contributed by atoms with E-state index in [1.54, 1.807) is 0 Å². The topological polar surface area (TPSA) is 80.3 Å². The first-order valence-electron chi connectivity index (χ1n) is 4.11. The fraction of sp³-hybridized carbons (Fsp3) is 0.250. The third-order valence-electron chi connectivity index (χ3n) is 1.68. The van der Waals surface area contributed by atoms with Crippen molar-refractivity contribution < 1.29 is 16.8 Å². The minimum Gasteiger partial charge on any atom is -0.283 e. The lowest BCUT2D eigenvalue weighted by molar-refractivity contribution is 0.600. The highest BCUT2D eigenvalue weighted by molar-refractivity contribution is 9.10. The third-order valence-corrected chi connectivity index (χ3v) is 5.43. The Morgan fingerprint density at radius 3 is 2.38 bits per heavy atom. The summed E-state index contributed by atoms with van der Waals surface area (Å²) in [6.07, 6.45) is 1.06. The van der Waals surface area contributed by atoms with Gasteiger partial charge in [-0.15, -0.1) is 0 Å². The van der Waals surface area contributed by atoms with Crippen molar-refractivity contribution in [3.05, 3.63) is 24.3 Å². The Bertz CT molecular complexity index is 580. The van der Waals surface area contributed by atoms with E-state index in [0.29, 0.717) is 0 Å². The van der Waals surface area contributed by atoms with E-state index in [4.69, 9.17) is 0 Å². The van der Waals surface area contributed by atoms with Crippen molar-refractivity contribution >= 4 is 41.5 Å². The van der Waals surface area contributed by atoms with E-state index < -0.39 is 19.9 Å². The zero-order valence-corrected chi connectivity index (χ0v) is 11.6. The summed E-state index contributed by atoms with van der Waals surface area (Å²) in [6.45, 7) is 0. The van der Waals surface area contributed by atoms with Crippen molar-refractivity contribution in [2.75, 3.05) is 15.6 Å². The van der Waals surface area contributed by atoms with Gasteiger partial charge in [-0.1, -0.05) is 22.0 Å². The Hall–Kier alpha value is -0.600. The summed E-state index contributed by atoms with van der Waals surface area (Å²) in [5.74, 6) is 0. The van der Waals surface area contributed by atoms with E-state index in [0.717, 1.165) is 6.26 Å². The molecule has 1 aromatic rings. The van der Waals surface area contributed by atoms with Gasteiger partial charge in [-0.05, 0) is 18.2 Å². The van der Waals surface area contributed by atoms with Crippen molar-refractivity contribution in [1.82, 2.24) is 0 Å². The number of benzene rings is 1. The summed E-state index contributed by atoms with van der Waals surface area (Å²) in [5.41, 5.74) is 0.224. The highest BCUT2D eigenvalue weighted by atomic mass is 79.9. The van der Waals surface area contributed by atoms with Crippen LogP contribution in [0.4, 0.5) is 5.69 Å². The number of hydrogen-bond acceptors (Lipinski definition) is 4. The normalized spacial score (nSPS) is 12.4. The largest absolute Gasteiger partial charge is 0.283 e. The van der Waals surface area contributed by atoms with E-state index in [-0.39, 0.29) is 15.2 Å². The molecule has 1 aromatic carbocycles. The Labute approximate surface area is 103 Å². The molecule has 0 aliphatic heterocycles. The quantitative estimate of drug-likeness (QED) is 0.842. The molecule has 16 heavy (non-hydrogen) atoms. The Kier molecular flexibility index (Phi) is 3.97.